The molecule has 0 saturated heterocycles. The molecule has 0 bridgehead atoms. The van der Waals surface area contributed by atoms with Crippen molar-refractivity contribution >= 4 is 11.3 Å². The SMILES string of the molecule is CC1(C)Cc2c(ccn2-c2nc(C3CC3)cs2)C(N)C1. The summed E-state index contributed by atoms with van der Waals surface area (Å²) in [5.41, 5.74) is 10.6. The Kier molecular flexibility index (Phi) is 2.63. The second kappa shape index (κ2) is 4.18. The Morgan fingerprint density at radius 1 is 1.40 bits per heavy atom. The summed E-state index contributed by atoms with van der Waals surface area (Å²) in [5, 5.41) is 3.34. The highest BCUT2D eigenvalue weighted by Gasteiger charge is 2.33. The van der Waals surface area contributed by atoms with Crippen LogP contribution in [0.5, 0.6) is 0 Å². The summed E-state index contributed by atoms with van der Waals surface area (Å²) in [6.45, 7) is 4.62. The van der Waals surface area contributed by atoms with Gasteiger partial charge in [-0.25, -0.2) is 4.98 Å². The van der Waals surface area contributed by atoms with Gasteiger partial charge in [0.1, 0.15) is 0 Å². The van der Waals surface area contributed by atoms with Crippen LogP contribution in [0.3, 0.4) is 0 Å². The maximum atomic E-state index is 6.35. The molecule has 3 nitrogen and oxygen atoms in total. The molecule has 1 unspecified atom stereocenters. The summed E-state index contributed by atoms with van der Waals surface area (Å²) in [4.78, 5) is 4.84. The first-order valence-electron chi connectivity index (χ1n) is 7.45. The lowest BCUT2D eigenvalue weighted by molar-refractivity contribution is 0.278. The molecule has 2 N–H and O–H groups in total. The monoisotopic (exact) mass is 287 g/mol. The van der Waals surface area contributed by atoms with Crippen molar-refractivity contribution in [3.63, 3.8) is 0 Å². The first kappa shape index (κ1) is 12.6. The van der Waals surface area contributed by atoms with Crippen LogP contribution in [0, 0.1) is 5.41 Å². The second-order valence-electron chi connectivity index (χ2n) is 7.07. The summed E-state index contributed by atoms with van der Waals surface area (Å²) in [6.07, 6.45) is 6.92. The van der Waals surface area contributed by atoms with E-state index in [0.717, 1.165) is 23.9 Å². The Hall–Kier alpha value is -1.13. The highest BCUT2D eigenvalue weighted by atomic mass is 32.1. The minimum Gasteiger partial charge on any atom is -0.324 e. The van der Waals surface area contributed by atoms with Crippen LogP contribution in [0.1, 0.15) is 62.0 Å². The summed E-state index contributed by atoms with van der Waals surface area (Å²) in [7, 11) is 0. The molecule has 2 aromatic rings. The van der Waals surface area contributed by atoms with E-state index in [-0.39, 0.29) is 11.5 Å². The van der Waals surface area contributed by atoms with Crippen molar-refractivity contribution in [3.05, 3.63) is 34.6 Å². The normalized spacial score (nSPS) is 24.6. The number of hydrogen-bond acceptors (Lipinski definition) is 3. The van der Waals surface area contributed by atoms with E-state index in [9.17, 15) is 0 Å². The van der Waals surface area contributed by atoms with Crippen molar-refractivity contribution in [2.24, 2.45) is 11.1 Å². The number of nitrogens with two attached hydrogens (primary N) is 1. The minimum atomic E-state index is 0.165. The molecule has 106 valence electrons. The predicted molar refractivity (Wildman–Crippen MR) is 82.4 cm³/mol. The lowest BCUT2D eigenvalue weighted by Crippen LogP contribution is -2.30. The molecule has 2 aliphatic rings. The van der Waals surface area contributed by atoms with E-state index in [0.29, 0.717) is 0 Å². The van der Waals surface area contributed by atoms with E-state index in [1.54, 1.807) is 11.3 Å². The summed E-state index contributed by atoms with van der Waals surface area (Å²) < 4.78 is 2.27. The van der Waals surface area contributed by atoms with Crippen molar-refractivity contribution in [2.45, 2.75) is 51.5 Å². The number of hydrogen-bond donors (Lipinski definition) is 1. The van der Waals surface area contributed by atoms with Crippen molar-refractivity contribution < 1.29 is 0 Å². The smallest absolute Gasteiger partial charge is 0.193 e. The van der Waals surface area contributed by atoms with Gasteiger partial charge in [0.2, 0.25) is 0 Å². The Balaban J connectivity index is 1.75. The van der Waals surface area contributed by atoms with E-state index in [2.05, 4.69) is 36.1 Å². The molecule has 0 radical (unpaired) electrons. The molecule has 1 fully saturated rings. The third-order valence-corrected chi connectivity index (χ3v) is 5.41. The van der Waals surface area contributed by atoms with Gasteiger partial charge < -0.3 is 5.73 Å². The molecule has 1 atom stereocenters. The predicted octanol–water partition coefficient (Wildman–Crippen LogP) is 3.78. The second-order valence-corrected chi connectivity index (χ2v) is 7.91. The van der Waals surface area contributed by atoms with Gasteiger partial charge in [0, 0.05) is 29.2 Å². The van der Waals surface area contributed by atoms with Gasteiger partial charge in [-0.05, 0) is 42.7 Å². The van der Waals surface area contributed by atoms with Crippen molar-refractivity contribution in [1.82, 2.24) is 9.55 Å². The number of fused-ring (bicyclic) bond motifs is 1. The highest BCUT2D eigenvalue weighted by Crippen LogP contribution is 2.43. The molecule has 0 aliphatic heterocycles. The van der Waals surface area contributed by atoms with Crippen molar-refractivity contribution in [1.29, 1.82) is 0 Å². The topological polar surface area (TPSA) is 43.8 Å². The van der Waals surface area contributed by atoms with Gasteiger partial charge in [-0.1, -0.05) is 13.8 Å². The van der Waals surface area contributed by atoms with Crippen LogP contribution in [0.2, 0.25) is 0 Å². The molecule has 0 aromatic carbocycles. The number of aromatic nitrogens is 2. The minimum absolute atomic E-state index is 0.165. The fourth-order valence-corrected chi connectivity index (χ4v) is 4.28. The van der Waals surface area contributed by atoms with E-state index in [1.165, 1.54) is 29.8 Å². The maximum absolute atomic E-state index is 6.35. The zero-order valence-corrected chi connectivity index (χ0v) is 12.9. The van der Waals surface area contributed by atoms with Gasteiger partial charge in [-0.3, -0.25) is 4.57 Å². The van der Waals surface area contributed by atoms with E-state index >= 15 is 0 Å². The standard InChI is InChI=1S/C16H21N3S/c1-16(2)7-12(17)11-5-6-19(14(11)8-16)15-18-13(9-20-15)10-3-4-10/h5-6,9-10,12H,3-4,7-8,17H2,1-2H3. The van der Waals surface area contributed by atoms with Crippen LogP contribution in [0.15, 0.2) is 17.6 Å². The maximum Gasteiger partial charge on any atom is 0.193 e. The third-order valence-electron chi connectivity index (χ3n) is 4.56. The Bertz CT molecular complexity index is 648. The Morgan fingerprint density at radius 2 is 2.20 bits per heavy atom. The van der Waals surface area contributed by atoms with Crippen LogP contribution < -0.4 is 5.73 Å². The van der Waals surface area contributed by atoms with Crippen molar-refractivity contribution in [3.8, 4) is 5.13 Å². The van der Waals surface area contributed by atoms with E-state index in [4.69, 9.17) is 10.7 Å². The van der Waals surface area contributed by atoms with Crippen LogP contribution in [-0.2, 0) is 6.42 Å². The molecule has 2 aliphatic carbocycles. The number of thiazole rings is 1. The Morgan fingerprint density at radius 3 is 2.95 bits per heavy atom. The zero-order chi connectivity index (χ0) is 13.9. The molecular formula is C16H21N3S. The van der Waals surface area contributed by atoms with Gasteiger partial charge in [-0.2, -0.15) is 0 Å². The molecule has 4 heteroatoms. The fourth-order valence-electron chi connectivity index (χ4n) is 3.37. The average molecular weight is 287 g/mol. The molecule has 20 heavy (non-hydrogen) atoms. The first-order valence-corrected chi connectivity index (χ1v) is 8.33. The molecular weight excluding hydrogens is 266 g/mol. The largest absolute Gasteiger partial charge is 0.324 e. The van der Waals surface area contributed by atoms with Gasteiger partial charge in [0.15, 0.2) is 5.13 Å². The van der Waals surface area contributed by atoms with Crippen LogP contribution in [0.25, 0.3) is 5.13 Å². The molecule has 0 spiro atoms. The van der Waals surface area contributed by atoms with Crippen molar-refractivity contribution in [2.75, 3.05) is 0 Å². The fraction of sp³-hybridized carbons (Fsp3) is 0.562. The summed E-state index contributed by atoms with van der Waals surface area (Å²) in [5.74, 6) is 0.727. The lowest BCUT2D eigenvalue weighted by atomic mass is 9.75. The van der Waals surface area contributed by atoms with E-state index in [1.807, 2.05) is 0 Å². The number of rotatable bonds is 2. The van der Waals surface area contributed by atoms with Gasteiger partial charge in [0.25, 0.3) is 0 Å². The molecule has 0 amide bonds. The first-order chi connectivity index (χ1) is 9.53. The van der Waals surface area contributed by atoms with Gasteiger partial charge in [-0.15, -0.1) is 11.3 Å². The molecule has 2 aromatic heterocycles. The Labute approximate surface area is 123 Å². The summed E-state index contributed by atoms with van der Waals surface area (Å²) >= 11 is 1.76. The van der Waals surface area contributed by atoms with Crippen LogP contribution in [-0.4, -0.2) is 9.55 Å². The molecule has 1 saturated carbocycles. The highest BCUT2D eigenvalue weighted by molar-refractivity contribution is 7.12. The molecule has 2 heterocycles. The number of nitrogens with zero attached hydrogens (tertiary/aromatic N) is 2. The average Bonchev–Trinajstić information content (AvgIpc) is 2.95. The third kappa shape index (κ3) is 2.02. The lowest BCUT2D eigenvalue weighted by Gasteiger charge is -2.34. The van der Waals surface area contributed by atoms with Crippen LogP contribution in [0.4, 0.5) is 0 Å². The van der Waals surface area contributed by atoms with E-state index < -0.39 is 0 Å². The van der Waals surface area contributed by atoms with Crippen LogP contribution >= 0.6 is 11.3 Å². The van der Waals surface area contributed by atoms with Gasteiger partial charge in [0.05, 0.1) is 5.69 Å². The summed E-state index contributed by atoms with van der Waals surface area (Å²) in [6, 6.07) is 2.35. The van der Waals surface area contributed by atoms with Gasteiger partial charge >= 0.3 is 0 Å². The molecule has 4 rings (SSSR count). The quantitative estimate of drug-likeness (QED) is 0.913. The zero-order valence-electron chi connectivity index (χ0n) is 12.1.